The van der Waals surface area contributed by atoms with Gasteiger partial charge in [-0.2, -0.15) is 0 Å². The highest BCUT2D eigenvalue weighted by Crippen LogP contribution is 2.36. The molecule has 0 radical (unpaired) electrons. The number of anilines is 1. The Morgan fingerprint density at radius 1 is 1.73 bits per heavy atom. The van der Waals surface area contributed by atoms with E-state index < -0.39 is 0 Å². The molecule has 1 fully saturated rings. The molecule has 0 aliphatic heterocycles. The minimum absolute atomic E-state index is 0.0702. The lowest BCUT2D eigenvalue weighted by molar-refractivity contribution is 0.0942. The molecule has 82 valence electrons. The van der Waals surface area contributed by atoms with E-state index in [9.17, 15) is 4.79 Å². The van der Waals surface area contributed by atoms with E-state index in [1.807, 2.05) is 0 Å². The molecule has 1 heterocycles. The number of carbonyl (C=O) groups is 1. The number of nitrogens with two attached hydrogens (primary N) is 1. The maximum Gasteiger partial charge on any atom is 0.267 e. The first-order chi connectivity index (χ1) is 7.16. The van der Waals surface area contributed by atoms with Gasteiger partial charge in [0.1, 0.15) is 5.69 Å². The van der Waals surface area contributed by atoms with Crippen molar-refractivity contribution in [2.75, 3.05) is 12.3 Å². The molecule has 1 amide bonds. The number of rotatable bonds is 4. The SMILES string of the molecule is CC(CNC(=O)c1cc(N)c[nH]1)C1CC1. The zero-order chi connectivity index (χ0) is 10.8. The highest BCUT2D eigenvalue weighted by Gasteiger charge is 2.27. The minimum Gasteiger partial charge on any atom is -0.397 e. The topological polar surface area (TPSA) is 70.9 Å². The standard InChI is InChI=1S/C11H17N3O/c1-7(8-2-3-8)5-14-11(15)10-4-9(12)6-13-10/h4,6-8,13H,2-3,5,12H2,1H3,(H,14,15). The molecular weight excluding hydrogens is 190 g/mol. The second-order valence-corrected chi connectivity index (χ2v) is 4.37. The zero-order valence-electron chi connectivity index (χ0n) is 8.92. The maximum absolute atomic E-state index is 11.6. The highest BCUT2D eigenvalue weighted by molar-refractivity contribution is 5.93. The largest absolute Gasteiger partial charge is 0.397 e. The Morgan fingerprint density at radius 2 is 2.47 bits per heavy atom. The smallest absolute Gasteiger partial charge is 0.267 e. The number of aromatic nitrogens is 1. The first-order valence-corrected chi connectivity index (χ1v) is 5.39. The van der Waals surface area contributed by atoms with Gasteiger partial charge in [-0.15, -0.1) is 0 Å². The molecule has 1 atom stereocenters. The van der Waals surface area contributed by atoms with Crippen molar-refractivity contribution in [2.45, 2.75) is 19.8 Å². The van der Waals surface area contributed by atoms with Crippen LogP contribution in [0.2, 0.25) is 0 Å². The maximum atomic E-state index is 11.6. The van der Waals surface area contributed by atoms with Crippen LogP contribution in [-0.2, 0) is 0 Å². The second kappa shape index (κ2) is 3.96. The molecule has 4 heteroatoms. The van der Waals surface area contributed by atoms with Crippen molar-refractivity contribution in [2.24, 2.45) is 11.8 Å². The van der Waals surface area contributed by atoms with Crippen molar-refractivity contribution >= 4 is 11.6 Å². The van der Waals surface area contributed by atoms with Crippen molar-refractivity contribution < 1.29 is 4.79 Å². The Morgan fingerprint density at radius 3 is 3.00 bits per heavy atom. The molecule has 2 rings (SSSR count). The van der Waals surface area contributed by atoms with Crippen molar-refractivity contribution in [1.29, 1.82) is 0 Å². The number of hydrogen-bond donors (Lipinski definition) is 3. The second-order valence-electron chi connectivity index (χ2n) is 4.37. The van der Waals surface area contributed by atoms with Crippen LogP contribution >= 0.6 is 0 Å². The zero-order valence-corrected chi connectivity index (χ0v) is 8.92. The molecule has 0 saturated heterocycles. The summed E-state index contributed by atoms with van der Waals surface area (Å²) in [5, 5.41) is 2.91. The minimum atomic E-state index is -0.0702. The summed E-state index contributed by atoms with van der Waals surface area (Å²) in [6, 6.07) is 1.65. The molecule has 0 bridgehead atoms. The molecule has 1 unspecified atom stereocenters. The van der Waals surface area contributed by atoms with E-state index >= 15 is 0 Å². The van der Waals surface area contributed by atoms with E-state index in [0.717, 1.165) is 12.5 Å². The van der Waals surface area contributed by atoms with Gasteiger partial charge in [0.2, 0.25) is 0 Å². The summed E-state index contributed by atoms with van der Waals surface area (Å²) in [5.74, 6) is 1.33. The van der Waals surface area contributed by atoms with Crippen LogP contribution < -0.4 is 11.1 Å². The molecule has 1 aliphatic rings. The third kappa shape index (κ3) is 2.52. The fourth-order valence-corrected chi connectivity index (χ4v) is 1.72. The Labute approximate surface area is 89.2 Å². The fourth-order valence-electron chi connectivity index (χ4n) is 1.72. The van der Waals surface area contributed by atoms with Gasteiger partial charge in [-0.1, -0.05) is 6.92 Å². The lowest BCUT2D eigenvalue weighted by Gasteiger charge is -2.10. The van der Waals surface area contributed by atoms with Crippen molar-refractivity contribution in [3.05, 3.63) is 18.0 Å². The van der Waals surface area contributed by atoms with Gasteiger partial charge in [0.05, 0.1) is 0 Å². The summed E-state index contributed by atoms with van der Waals surface area (Å²) in [6.07, 6.45) is 4.25. The molecule has 4 N–H and O–H groups in total. The van der Waals surface area contributed by atoms with Gasteiger partial charge in [0.15, 0.2) is 0 Å². The van der Waals surface area contributed by atoms with E-state index in [2.05, 4.69) is 17.2 Å². The summed E-state index contributed by atoms with van der Waals surface area (Å²) in [4.78, 5) is 14.4. The fraction of sp³-hybridized carbons (Fsp3) is 0.545. The molecule has 4 nitrogen and oxygen atoms in total. The number of carbonyl (C=O) groups excluding carboxylic acids is 1. The van der Waals surface area contributed by atoms with E-state index in [1.165, 1.54) is 12.8 Å². The van der Waals surface area contributed by atoms with Crippen LogP contribution in [0, 0.1) is 11.8 Å². The summed E-state index contributed by atoms with van der Waals surface area (Å²) in [6.45, 7) is 2.93. The van der Waals surface area contributed by atoms with Gasteiger partial charge in [-0.05, 0) is 30.7 Å². The summed E-state index contributed by atoms with van der Waals surface area (Å²) in [7, 11) is 0. The predicted molar refractivity (Wildman–Crippen MR) is 59.4 cm³/mol. The molecular formula is C11H17N3O. The van der Waals surface area contributed by atoms with Crippen molar-refractivity contribution in [3.8, 4) is 0 Å². The molecule has 1 aromatic rings. The van der Waals surface area contributed by atoms with Gasteiger partial charge in [0, 0.05) is 18.4 Å². The van der Waals surface area contributed by atoms with Crippen LogP contribution in [-0.4, -0.2) is 17.4 Å². The van der Waals surface area contributed by atoms with Crippen LogP contribution in [0.4, 0.5) is 5.69 Å². The molecule has 15 heavy (non-hydrogen) atoms. The van der Waals surface area contributed by atoms with Crippen molar-refractivity contribution in [3.63, 3.8) is 0 Å². The summed E-state index contributed by atoms with van der Waals surface area (Å²) in [5.41, 5.74) is 6.65. The van der Waals surface area contributed by atoms with Crippen LogP contribution in [0.25, 0.3) is 0 Å². The average Bonchev–Trinajstić information content (AvgIpc) is 2.97. The molecule has 1 saturated carbocycles. The Hall–Kier alpha value is -1.45. The quantitative estimate of drug-likeness (QED) is 0.698. The molecule has 1 aliphatic carbocycles. The predicted octanol–water partition coefficient (Wildman–Crippen LogP) is 1.37. The third-order valence-electron chi connectivity index (χ3n) is 2.96. The Bertz CT molecular complexity index is 354. The van der Waals surface area contributed by atoms with Gasteiger partial charge >= 0.3 is 0 Å². The number of hydrogen-bond acceptors (Lipinski definition) is 2. The van der Waals surface area contributed by atoms with Gasteiger partial charge in [-0.25, -0.2) is 0 Å². The van der Waals surface area contributed by atoms with Gasteiger partial charge in [0.25, 0.3) is 5.91 Å². The number of aromatic amines is 1. The molecule has 0 spiro atoms. The summed E-state index contributed by atoms with van der Waals surface area (Å²) >= 11 is 0. The highest BCUT2D eigenvalue weighted by atomic mass is 16.1. The van der Waals surface area contributed by atoms with Crippen LogP contribution in [0.15, 0.2) is 12.3 Å². The molecule has 0 aromatic carbocycles. The Kier molecular flexibility index (Phi) is 2.66. The average molecular weight is 207 g/mol. The van der Waals surface area contributed by atoms with Crippen LogP contribution in [0.5, 0.6) is 0 Å². The number of amides is 1. The number of nitrogen functional groups attached to an aromatic ring is 1. The van der Waals surface area contributed by atoms with E-state index in [1.54, 1.807) is 12.3 Å². The van der Waals surface area contributed by atoms with Crippen molar-refractivity contribution in [1.82, 2.24) is 10.3 Å². The normalized spacial score (nSPS) is 17.4. The van der Waals surface area contributed by atoms with E-state index in [-0.39, 0.29) is 5.91 Å². The third-order valence-corrected chi connectivity index (χ3v) is 2.96. The van der Waals surface area contributed by atoms with Crippen LogP contribution in [0.1, 0.15) is 30.3 Å². The first kappa shape index (κ1) is 10.1. The van der Waals surface area contributed by atoms with Gasteiger partial charge in [-0.3, -0.25) is 4.79 Å². The number of nitrogens with one attached hydrogen (secondary N) is 2. The number of H-pyrrole nitrogens is 1. The lowest BCUT2D eigenvalue weighted by atomic mass is 10.1. The van der Waals surface area contributed by atoms with E-state index in [0.29, 0.717) is 17.3 Å². The van der Waals surface area contributed by atoms with Gasteiger partial charge < -0.3 is 16.0 Å². The lowest BCUT2D eigenvalue weighted by Crippen LogP contribution is -2.29. The van der Waals surface area contributed by atoms with E-state index in [4.69, 9.17) is 5.73 Å². The Balaban J connectivity index is 1.81. The first-order valence-electron chi connectivity index (χ1n) is 5.39. The monoisotopic (exact) mass is 207 g/mol. The molecule has 1 aromatic heterocycles. The van der Waals surface area contributed by atoms with Crippen LogP contribution in [0.3, 0.4) is 0 Å². The summed E-state index contributed by atoms with van der Waals surface area (Å²) < 4.78 is 0.